The van der Waals surface area contributed by atoms with Gasteiger partial charge in [0, 0.05) is 16.5 Å². The molecule has 0 unspecified atom stereocenters. The summed E-state index contributed by atoms with van der Waals surface area (Å²) in [5.74, 6) is -0.385. The second-order valence-corrected chi connectivity index (χ2v) is 7.08. The first-order valence-electron chi connectivity index (χ1n) is 6.97. The third-order valence-electron chi connectivity index (χ3n) is 3.46. The molecule has 3 heterocycles. The molecule has 6 nitrogen and oxygen atoms in total. The zero-order chi connectivity index (χ0) is 16.0. The maximum absolute atomic E-state index is 12.3. The van der Waals surface area contributed by atoms with E-state index < -0.39 is 0 Å². The fourth-order valence-electron chi connectivity index (χ4n) is 2.56. The second-order valence-electron chi connectivity index (χ2n) is 4.85. The number of carbonyl (C=O) groups is 1. The van der Waals surface area contributed by atoms with Crippen molar-refractivity contribution >= 4 is 49.1 Å². The van der Waals surface area contributed by atoms with Crippen molar-refractivity contribution in [3.05, 3.63) is 40.1 Å². The molecule has 1 N–H and O–H groups in total. The van der Waals surface area contributed by atoms with E-state index in [2.05, 4.69) is 31.0 Å². The van der Waals surface area contributed by atoms with Crippen molar-refractivity contribution in [3.63, 3.8) is 0 Å². The molecule has 0 aliphatic heterocycles. The van der Waals surface area contributed by atoms with Crippen LogP contribution in [0.2, 0.25) is 0 Å². The topological polar surface area (TPSA) is 72.3 Å². The van der Waals surface area contributed by atoms with Crippen LogP contribution >= 0.6 is 27.3 Å². The number of aromatic amines is 1. The molecule has 0 atom stereocenters. The summed E-state index contributed by atoms with van der Waals surface area (Å²) in [6.07, 6.45) is 1.81. The Morgan fingerprint density at radius 1 is 1.43 bits per heavy atom. The quantitative estimate of drug-likeness (QED) is 0.538. The Balaban J connectivity index is 1.97. The van der Waals surface area contributed by atoms with Gasteiger partial charge in [-0.25, -0.2) is 14.3 Å². The number of nitrogens with zero attached hydrogens (tertiary/aromatic N) is 3. The van der Waals surface area contributed by atoms with E-state index in [0.717, 1.165) is 25.3 Å². The molecule has 0 radical (unpaired) electrons. The van der Waals surface area contributed by atoms with Crippen LogP contribution in [0.3, 0.4) is 0 Å². The normalized spacial score (nSPS) is 11.4. The summed E-state index contributed by atoms with van der Waals surface area (Å²) in [5.41, 5.74) is 2.72. The minimum atomic E-state index is -0.385. The summed E-state index contributed by atoms with van der Waals surface area (Å²) < 4.78 is 7.62. The van der Waals surface area contributed by atoms with Gasteiger partial charge in [0.05, 0.1) is 18.5 Å². The van der Waals surface area contributed by atoms with Crippen molar-refractivity contribution in [2.24, 2.45) is 0 Å². The SMILES string of the molecule is CCOC(=O)c1[nH]c2ccccc2c1-c1cn2nc(Br)sc2n1. The average Bonchev–Trinajstić information content (AvgIpc) is 3.16. The lowest BCUT2D eigenvalue weighted by molar-refractivity contribution is 0.0521. The van der Waals surface area contributed by atoms with Crippen molar-refractivity contribution in [3.8, 4) is 11.3 Å². The van der Waals surface area contributed by atoms with Gasteiger partial charge in [-0.15, -0.1) is 5.10 Å². The van der Waals surface area contributed by atoms with Gasteiger partial charge in [-0.05, 0) is 28.9 Å². The minimum absolute atomic E-state index is 0.320. The number of nitrogens with one attached hydrogen (secondary N) is 1. The lowest BCUT2D eigenvalue weighted by Crippen LogP contribution is -2.06. The number of hydrogen-bond acceptors (Lipinski definition) is 5. The number of hydrogen-bond donors (Lipinski definition) is 1. The number of rotatable bonds is 3. The molecule has 3 aromatic heterocycles. The minimum Gasteiger partial charge on any atom is -0.461 e. The van der Waals surface area contributed by atoms with Gasteiger partial charge in [0.25, 0.3) is 0 Å². The van der Waals surface area contributed by atoms with Gasteiger partial charge in [0.2, 0.25) is 4.96 Å². The van der Waals surface area contributed by atoms with E-state index in [9.17, 15) is 4.79 Å². The van der Waals surface area contributed by atoms with E-state index >= 15 is 0 Å². The number of fused-ring (bicyclic) bond motifs is 2. The third-order valence-corrected chi connectivity index (χ3v) is 4.82. The van der Waals surface area contributed by atoms with E-state index in [1.165, 1.54) is 11.3 Å². The standard InChI is InChI=1S/C15H11BrN4O2S/c1-2-22-13(21)12-11(8-5-3-4-6-9(8)17-12)10-7-20-15(18-10)23-14(16)19-20/h3-7,17H,2H2,1H3. The number of imidazole rings is 1. The summed E-state index contributed by atoms with van der Waals surface area (Å²) in [5, 5.41) is 5.23. The number of benzene rings is 1. The number of halogens is 1. The Morgan fingerprint density at radius 3 is 3.04 bits per heavy atom. The number of ether oxygens (including phenoxy) is 1. The fraction of sp³-hybridized carbons (Fsp3) is 0.133. The van der Waals surface area contributed by atoms with Gasteiger partial charge in [-0.2, -0.15) is 0 Å². The highest BCUT2D eigenvalue weighted by atomic mass is 79.9. The molecule has 0 fully saturated rings. The Morgan fingerprint density at radius 2 is 2.26 bits per heavy atom. The second kappa shape index (κ2) is 5.47. The van der Waals surface area contributed by atoms with Crippen molar-refractivity contribution in [1.82, 2.24) is 19.6 Å². The van der Waals surface area contributed by atoms with Crippen molar-refractivity contribution in [2.45, 2.75) is 6.92 Å². The smallest absolute Gasteiger partial charge is 0.355 e. The summed E-state index contributed by atoms with van der Waals surface area (Å²) in [7, 11) is 0. The lowest BCUT2D eigenvalue weighted by Gasteiger charge is -2.02. The van der Waals surface area contributed by atoms with Gasteiger partial charge >= 0.3 is 5.97 Å². The van der Waals surface area contributed by atoms with Crippen LogP contribution < -0.4 is 0 Å². The number of para-hydroxylation sites is 1. The highest BCUT2D eigenvalue weighted by Gasteiger charge is 2.22. The molecule has 0 aliphatic carbocycles. The fourth-order valence-corrected chi connectivity index (χ4v) is 3.78. The molecule has 23 heavy (non-hydrogen) atoms. The maximum atomic E-state index is 12.3. The Bertz CT molecular complexity index is 1000. The molecule has 0 aliphatic rings. The maximum Gasteiger partial charge on any atom is 0.355 e. The first kappa shape index (κ1) is 14.4. The van der Waals surface area contributed by atoms with E-state index in [-0.39, 0.29) is 5.97 Å². The zero-order valence-corrected chi connectivity index (χ0v) is 14.4. The van der Waals surface area contributed by atoms with Gasteiger partial charge in [0.15, 0.2) is 3.92 Å². The van der Waals surface area contributed by atoms with Crippen molar-refractivity contribution in [2.75, 3.05) is 6.61 Å². The predicted octanol–water partition coefficient (Wildman–Crippen LogP) is 3.88. The number of H-pyrrole nitrogens is 1. The van der Waals surface area contributed by atoms with E-state index in [4.69, 9.17) is 4.74 Å². The number of esters is 1. The molecular weight excluding hydrogens is 380 g/mol. The number of aromatic nitrogens is 4. The van der Waals surface area contributed by atoms with E-state index in [0.29, 0.717) is 18.0 Å². The van der Waals surface area contributed by atoms with Crippen LogP contribution in [0.1, 0.15) is 17.4 Å². The van der Waals surface area contributed by atoms with E-state index in [1.54, 1.807) is 11.4 Å². The molecule has 0 amide bonds. The summed E-state index contributed by atoms with van der Waals surface area (Å²) in [6.45, 7) is 2.11. The van der Waals surface area contributed by atoms with Crippen LogP contribution in [0.15, 0.2) is 34.4 Å². The van der Waals surface area contributed by atoms with Crippen LogP contribution in [0.25, 0.3) is 27.1 Å². The molecule has 116 valence electrons. The van der Waals surface area contributed by atoms with E-state index in [1.807, 2.05) is 30.5 Å². The van der Waals surface area contributed by atoms with Crippen molar-refractivity contribution < 1.29 is 9.53 Å². The Hall–Kier alpha value is -2.19. The Kier molecular flexibility index (Phi) is 3.42. The van der Waals surface area contributed by atoms with Gasteiger partial charge in [0.1, 0.15) is 5.69 Å². The first-order valence-corrected chi connectivity index (χ1v) is 8.58. The van der Waals surface area contributed by atoms with Crippen molar-refractivity contribution in [1.29, 1.82) is 0 Å². The summed E-state index contributed by atoms with van der Waals surface area (Å²) >= 11 is 4.77. The molecule has 4 rings (SSSR count). The molecule has 4 aromatic rings. The molecule has 0 spiro atoms. The molecule has 1 aromatic carbocycles. The predicted molar refractivity (Wildman–Crippen MR) is 91.8 cm³/mol. The lowest BCUT2D eigenvalue weighted by atomic mass is 10.1. The molecule has 0 saturated heterocycles. The first-order chi connectivity index (χ1) is 11.2. The van der Waals surface area contributed by atoms with Gasteiger partial charge in [-0.1, -0.05) is 29.5 Å². The summed E-state index contributed by atoms with van der Waals surface area (Å²) in [4.78, 5) is 20.8. The van der Waals surface area contributed by atoms with Gasteiger partial charge in [-0.3, -0.25) is 0 Å². The molecular formula is C15H11BrN4O2S. The van der Waals surface area contributed by atoms with Crippen LogP contribution in [0, 0.1) is 0 Å². The van der Waals surface area contributed by atoms with Crippen LogP contribution in [0.5, 0.6) is 0 Å². The highest BCUT2D eigenvalue weighted by Crippen LogP contribution is 2.33. The summed E-state index contributed by atoms with van der Waals surface area (Å²) in [6, 6.07) is 7.74. The van der Waals surface area contributed by atoms with Crippen LogP contribution in [-0.2, 0) is 4.74 Å². The highest BCUT2D eigenvalue weighted by molar-refractivity contribution is 9.11. The largest absolute Gasteiger partial charge is 0.461 e. The average molecular weight is 391 g/mol. The molecule has 0 bridgehead atoms. The zero-order valence-electron chi connectivity index (χ0n) is 12.0. The van der Waals surface area contributed by atoms with Crippen LogP contribution in [-0.4, -0.2) is 32.2 Å². The van der Waals surface area contributed by atoms with Gasteiger partial charge < -0.3 is 9.72 Å². The number of carbonyl (C=O) groups excluding carboxylic acids is 1. The van der Waals surface area contributed by atoms with Crippen LogP contribution in [0.4, 0.5) is 0 Å². The third kappa shape index (κ3) is 2.34. The molecule has 0 saturated carbocycles. The Labute approximate surface area is 143 Å². The molecule has 8 heteroatoms. The monoisotopic (exact) mass is 390 g/mol.